The molecule has 2 aromatic carbocycles. The van der Waals surface area contributed by atoms with Crippen molar-refractivity contribution in [2.24, 2.45) is 11.8 Å². The van der Waals surface area contributed by atoms with Gasteiger partial charge in [-0.15, -0.1) is 13.2 Å². The monoisotopic (exact) mass is 713 g/mol. The molecule has 5 rings (SSSR count). The Bertz CT molecular complexity index is 1710. The number of anilines is 1. The summed E-state index contributed by atoms with van der Waals surface area (Å²) >= 11 is 6.39. The molecule has 0 aromatic heterocycles. The van der Waals surface area contributed by atoms with Crippen LogP contribution < -0.4 is 14.4 Å². The van der Waals surface area contributed by atoms with Crippen molar-refractivity contribution >= 4 is 39.3 Å². The first kappa shape index (κ1) is 36.7. The second-order valence-electron chi connectivity index (χ2n) is 14.5. The molecule has 1 fully saturated rings. The van der Waals surface area contributed by atoms with Crippen molar-refractivity contribution in [3.05, 3.63) is 77.9 Å². The number of carbonyl (C=O) groups is 2. The maximum absolute atomic E-state index is 13.8. The molecular weight excluding hydrogens is 666 g/mol. The van der Waals surface area contributed by atoms with Gasteiger partial charge >= 0.3 is 6.09 Å². The van der Waals surface area contributed by atoms with E-state index in [-0.39, 0.29) is 28.7 Å². The number of sulfonamides is 1. The molecule has 0 bridgehead atoms. The highest BCUT2D eigenvalue weighted by Crippen LogP contribution is 2.47. The maximum Gasteiger partial charge on any atom is 0.411 e. The fraction of sp³-hybridized carbons (Fsp3) is 0.514. The number of aliphatic hydroxyl groups excluding tert-OH is 1. The van der Waals surface area contributed by atoms with Gasteiger partial charge in [-0.3, -0.25) is 9.69 Å². The van der Waals surface area contributed by atoms with Gasteiger partial charge in [0.2, 0.25) is 0 Å². The number of nitrogens with one attached hydrogen (secondary N) is 1. The fourth-order valence-corrected chi connectivity index (χ4v) is 8.52. The van der Waals surface area contributed by atoms with Gasteiger partial charge in [-0.1, -0.05) is 29.8 Å². The van der Waals surface area contributed by atoms with E-state index in [1.54, 1.807) is 39.0 Å². The third kappa shape index (κ3) is 7.94. The maximum atomic E-state index is 13.8. The summed E-state index contributed by atoms with van der Waals surface area (Å²) in [6.45, 7) is 15.5. The lowest BCUT2D eigenvalue weighted by atomic mass is 9.68. The van der Waals surface area contributed by atoms with Crippen LogP contribution in [0, 0.1) is 11.8 Å². The van der Waals surface area contributed by atoms with Crippen molar-refractivity contribution in [2.75, 3.05) is 31.1 Å². The number of aryl methyl sites for hydroxylation is 1. The first-order valence-corrected chi connectivity index (χ1v) is 18.7. The van der Waals surface area contributed by atoms with Crippen LogP contribution in [-0.4, -0.2) is 74.4 Å². The third-order valence-corrected chi connectivity index (χ3v) is 11.5. The lowest BCUT2D eigenvalue weighted by Crippen LogP contribution is -2.50. The number of ether oxygens (including phenoxy) is 2. The van der Waals surface area contributed by atoms with Crippen LogP contribution in [0.3, 0.4) is 0 Å². The lowest BCUT2D eigenvalue weighted by molar-refractivity contribution is -0.123. The molecule has 5 atom stereocenters. The molecular formula is C37H48ClN3O7S. The fourth-order valence-electron chi connectivity index (χ4n) is 7.26. The minimum absolute atomic E-state index is 0.0194. The summed E-state index contributed by atoms with van der Waals surface area (Å²) in [4.78, 5) is 29.4. The Morgan fingerprint density at radius 3 is 2.63 bits per heavy atom. The number of fused-ring (bicyclic) bond motifs is 3. The number of aliphatic hydroxyl groups is 1. The highest BCUT2D eigenvalue weighted by molar-refractivity contribution is 7.90. The molecule has 1 heterocycles. The third-order valence-electron chi connectivity index (χ3n) is 9.97. The second-order valence-corrected chi connectivity index (χ2v) is 16.6. The van der Waals surface area contributed by atoms with E-state index in [1.807, 2.05) is 12.1 Å². The Balaban J connectivity index is 1.46. The summed E-state index contributed by atoms with van der Waals surface area (Å²) in [6, 6.07) is 9.45. The standard InChI is InChI=1S/C37H48ClN3O7S/c1-7-18-41(35(44)48-36(4,5)6)24(3)34(43)39-49(45,46)28-13-16-33-31(20-28)40(21-26-11-14-29(26)32(42)8-2)22-37(23-47-33)17-9-10-25-19-27(38)12-15-30(25)37/h7-8,12-13,15-16,19-20,24,26,29,32,42H,1-2,9-11,14,17-18,21-23H2,3-6H3,(H,39,43)/t24-,26+,29-,32+,37+/m1/s1. The normalized spacial score (nSPS) is 23.0. The molecule has 266 valence electrons. The van der Waals surface area contributed by atoms with Gasteiger partial charge in [-0.05, 0) is 113 Å². The zero-order chi connectivity index (χ0) is 35.7. The van der Waals surface area contributed by atoms with Crippen LogP contribution >= 0.6 is 11.6 Å². The number of hydrogen-bond acceptors (Lipinski definition) is 8. The molecule has 49 heavy (non-hydrogen) atoms. The predicted molar refractivity (Wildman–Crippen MR) is 191 cm³/mol. The number of halogens is 1. The van der Waals surface area contributed by atoms with Crippen LogP contribution in [0.4, 0.5) is 10.5 Å². The van der Waals surface area contributed by atoms with Crippen molar-refractivity contribution in [3.8, 4) is 5.75 Å². The molecule has 2 aromatic rings. The van der Waals surface area contributed by atoms with E-state index in [0.717, 1.165) is 37.0 Å². The summed E-state index contributed by atoms with van der Waals surface area (Å²) in [5, 5.41) is 11.3. The number of nitrogens with zero attached hydrogens (tertiary/aromatic N) is 2. The molecule has 2 amide bonds. The van der Waals surface area contributed by atoms with E-state index in [1.165, 1.54) is 30.2 Å². The van der Waals surface area contributed by atoms with E-state index in [9.17, 15) is 23.1 Å². The minimum Gasteiger partial charge on any atom is -0.490 e. The molecule has 2 N–H and O–H groups in total. The lowest BCUT2D eigenvalue weighted by Gasteiger charge is -2.45. The van der Waals surface area contributed by atoms with Gasteiger partial charge in [0.15, 0.2) is 0 Å². The molecule has 12 heteroatoms. The van der Waals surface area contributed by atoms with Crippen LogP contribution in [0.15, 0.2) is 66.6 Å². The molecule has 3 aliphatic rings. The summed E-state index contributed by atoms with van der Waals surface area (Å²) in [7, 11) is -4.37. The number of rotatable bonds is 10. The van der Waals surface area contributed by atoms with Gasteiger partial charge in [0.25, 0.3) is 15.9 Å². The molecule has 1 saturated carbocycles. The largest absolute Gasteiger partial charge is 0.490 e. The van der Waals surface area contributed by atoms with E-state index in [0.29, 0.717) is 36.2 Å². The van der Waals surface area contributed by atoms with Crippen molar-refractivity contribution in [1.82, 2.24) is 9.62 Å². The topological polar surface area (TPSA) is 125 Å². The molecule has 2 aliphatic carbocycles. The Kier molecular flexibility index (Phi) is 10.8. The zero-order valence-electron chi connectivity index (χ0n) is 28.8. The molecule has 1 spiro atoms. The van der Waals surface area contributed by atoms with Gasteiger partial charge in [-0.2, -0.15) is 0 Å². The van der Waals surface area contributed by atoms with Gasteiger partial charge in [-0.25, -0.2) is 17.9 Å². The van der Waals surface area contributed by atoms with Crippen LogP contribution in [0.5, 0.6) is 5.75 Å². The van der Waals surface area contributed by atoms with Crippen LogP contribution in [-0.2, 0) is 31.4 Å². The predicted octanol–water partition coefficient (Wildman–Crippen LogP) is 6.00. The minimum atomic E-state index is -4.37. The SMILES string of the molecule is C=CCN(C(=O)OC(C)(C)C)[C@H](C)C(=O)NS(=O)(=O)c1ccc2c(c1)N(C[C@@H]1CC[C@H]1[C@@H](O)C=C)C[C@@]1(CCCc3cc(Cl)ccc31)CO2. The van der Waals surface area contributed by atoms with Gasteiger partial charge in [0, 0.05) is 30.1 Å². The average molecular weight is 714 g/mol. The summed E-state index contributed by atoms with van der Waals surface area (Å²) in [6.07, 6.45) is 6.19. The molecule has 10 nitrogen and oxygen atoms in total. The Labute approximate surface area is 295 Å². The second kappa shape index (κ2) is 14.4. The van der Waals surface area contributed by atoms with Crippen molar-refractivity contribution < 1.29 is 32.6 Å². The number of amides is 2. The summed E-state index contributed by atoms with van der Waals surface area (Å²) < 4.78 is 41.6. The molecule has 0 unspecified atom stereocenters. The first-order valence-electron chi connectivity index (χ1n) is 16.9. The summed E-state index contributed by atoms with van der Waals surface area (Å²) in [5.74, 6) is -0.134. The highest BCUT2D eigenvalue weighted by Gasteiger charge is 2.44. The van der Waals surface area contributed by atoms with Crippen molar-refractivity contribution in [3.63, 3.8) is 0 Å². The van der Waals surface area contributed by atoms with Crippen molar-refractivity contribution in [1.29, 1.82) is 0 Å². The van der Waals surface area contributed by atoms with E-state index >= 15 is 0 Å². The number of hydrogen-bond donors (Lipinski definition) is 2. The van der Waals surface area contributed by atoms with Crippen LogP contribution in [0.1, 0.15) is 64.5 Å². The smallest absolute Gasteiger partial charge is 0.411 e. The Morgan fingerprint density at radius 2 is 1.98 bits per heavy atom. The Morgan fingerprint density at radius 1 is 1.22 bits per heavy atom. The van der Waals surface area contributed by atoms with Crippen LogP contribution in [0.2, 0.25) is 5.02 Å². The Hall–Kier alpha value is -3.54. The molecule has 0 radical (unpaired) electrons. The molecule has 1 aliphatic heterocycles. The average Bonchev–Trinajstić information content (AvgIpc) is 3.17. The quantitative estimate of drug-likeness (QED) is 0.287. The highest BCUT2D eigenvalue weighted by atomic mass is 35.5. The van der Waals surface area contributed by atoms with E-state index in [2.05, 4.69) is 28.8 Å². The van der Waals surface area contributed by atoms with Gasteiger partial charge in [0.1, 0.15) is 17.4 Å². The number of benzene rings is 2. The van der Waals surface area contributed by atoms with Crippen LogP contribution in [0.25, 0.3) is 0 Å². The zero-order valence-corrected chi connectivity index (χ0v) is 30.4. The van der Waals surface area contributed by atoms with Crippen molar-refractivity contribution in [2.45, 2.75) is 87.9 Å². The summed E-state index contributed by atoms with van der Waals surface area (Å²) in [5.41, 5.74) is 1.78. The number of carbonyl (C=O) groups excluding carboxylic acids is 2. The van der Waals surface area contributed by atoms with E-state index in [4.69, 9.17) is 21.1 Å². The van der Waals surface area contributed by atoms with Gasteiger partial charge < -0.3 is 19.5 Å². The first-order chi connectivity index (χ1) is 23.1. The van der Waals surface area contributed by atoms with E-state index < -0.39 is 39.8 Å². The molecule has 0 saturated heterocycles. The van der Waals surface area contributed by atoms with Gasteiger partial charge in [0.05, 0.1) is 23.3 Å².